The number of methoxy groups -OCH3 is 5. The van der Waals surface area contributed by atoms with Crippen LogP contribution in [0.1, 0.15) is 12.7 Å². The standard InChI is InChI=1S/C24H30N4O7/c1-7-28(13-22(29)25-14-8-19(33-4)23(35-6)20(9-14)34-5)12-21-26-16-11-18(32-3)17(31-2)10-15(16)24(30)27-21/h8-11H,7,12-13H2,1-6H3,(H,25,29)(H,26,27,30). The number of fused-ring (bicyclic) bond motifs is 1. The number of amides is 1. The molecule has 0 spiro atoms. The van der Waals surface area contributed by atoms with Gasteiger partial charge in [0.15, 0.2) is 23.0 Å². The number of carbonyl (C=O) groups excluding carboxylic acids is 1. The predicted octanol–water partition coefficient (Wildman–Crippen LogP) is 2.43. The molecule has 0 saturated heterocycles. The van der Waals surface area contributed by atoms with E-state index in [1.807, 2.05) is 11.8 Å². The molecule has 1 heterocycles. The largest absolute Gasteiger partial charge is 0.493 e. The van der Waals surface area contributed by atoms with Crippen molar-refractivity contribution in [3.05, 3.63) is 40.4 Å². The van der Waals surface area contributed by atoms with Gasteiger partial charge in [-0.3, -0.25) is 14.5 Å². The van der Waals surface area contributed by atoms with Crippen molar-refractivity contribution in [1.29, 1.82) is 0 Å². The average molecular weight is 487 g/mol. The molecule has 0 atom stereocenters. The average Bonchev–Trinajstić information content (AvgIpc) is 2.86. The van der Waals surface area contributed by atoms with Gasteiger partial charge in [-0.1, -0.05) is 6.92 Å². The summed E-state index contributed by atoms with van der Waals surface area (Å²) < 4.78 is 26.6. The van der Waals surface area contributed by atoms with Crippen LogP contribution in [0.4, 0.5) is 5.69 Å². The summed E-state index contributed by atoms with van der Waals surface area (Å²) in [5.41, 5.74) is 0.669. The molecule has 0 aliphatic carbocycles. The Balaban J connectivity index is 1.78. The summed E-state index contributed by atoms with van der Waals surface area (Å²) in [5.74, 6) is 2.38. The lowest BCUT2D eigenvalue weighted by Crippen LogP contribution is -2.33. The zero-order valence-corrected chi connectivity index (χ0v) is 20.7. The number of anilines is 1. The Labute approximate surface area is 202 Å². The highest BCUT2D eigenvalue weighted by Crippen LogP contribution is 2.39. The molecule has 3 aromatic rings. The van der Waals surface area contributed by atoms with Crippen LogP contribution in [0, 0.1) is 0 Å². The van der Waals surface area contributed by atoms with Crippen LogP contribution in [0.25, 0.3) is 10.9 Å². The molecular weight excluding hydrogens is 456 g/mol. The van der Waals surface area contributed by atoms with Crippen molar-refractivity contribution in [3.63, 3.8) is 0 Å². The van der Waals surface area contributed by atoms with Gasteiger partial charge in [-0.2, -0.15) is 0 Å². The second-order valence-corrected chi connectivity index (χ2v) is 7.50. The fourth-order valence-corrected chi connectivity index (χ4v) is 3.64. The van der Waals surface area contributed by atoms with Gasteiger partial charge in [-0.05, 0) is 12.6 Å². The van der Waals surface area contributed by atoms with E-state index in [0.29, 0.717) is 57.7 Å². The quantitative estimate of drug-likeness (QED) is 0.420. The van der Waals surface area contributed by atoms with Crippen LogP contribution in [0.3, 0.4) is 0 Å². The number of rotatable bonds is 11. The number of hydrogen-bond acceptors (Lipinski definition) is 9. The Bertz CT molecular complexity index is 1230. The van der Waals surface area contributed by atoms with E-state index in [-0.39, 0.29) is 24.6 Å². The van der Waals surface area contributed by atoms with Crippen molar-refractivity contribution in [2.75, 3.05) is 54.0 Å². The highest BCUT2D eigenvalue weighted by molar-refractivity contribution is 5.93. The summed E-state index contributed by atoms with van der Waals surface area (Å²) in [7, 11) is 7.54. The van der Waals surface area contributed by atoms with Crippen LogP contribution >= 0.6 is 0 Å². The fourth-order valence-electron chi connectivity index (χ4n) is 3.64. The molecule has 11 heteroatoms. The number of benzene rings is 2. The maximum Gasteiger partial charge on any atom is 0.258 e. The Kier molecular flexibility index (Phi) is 8.37. The van der Waals surface area contributed by atoms with Crippen molar-refractivity contribution in [2.45, 2.75) is 13.5 Å². The molecule has 0 saturated carbocycles. The smallest absolute Gasteiger partial charge is 0.258 e. The number of H-pyrrole nitrogens is 1. The summed E-state index contributed by atoms with van der Waals surface area (Å²) in [6.07, 6.45) is 0. The van der Waals surface area contributed by atoms with E-state index < -0.39 is 0 Å². The molecule has 35 heavy (non-hydrogen) atoms. The molecule has 3 rings (SSSR count). The van der Waals surface area contributed by atoms with Gasteiger partial charge in [0.05, 0.1) is 59.5 Å². The highest BCUT2D eigenvalue weighted by atomic mass is 16.5. The second-order valence-electron chi connectivity index (χ2n) is 7.50. The number of nitrogens with zero attached hydrogens (tertiary/aromatic N) is 2. The van der Waals surface area contributed by atoms with E-state index in [0.717, 1.165) is 0 Å². The van der Waals surface area contributed by atoms with Crippen LogP contribution in [-0.4, -0.2) is 69.4 Å². The Morgan fingerprint density at radius 1 is 0.914 bits per heavy atom. The minimum Gasteiger partial charge on any atom is -0.493 e. The van der Waals surface area contributed by atoms with Gasteiger partial charge in [0.1, 0.15) is 5.82 Å². The Morgan fingerprint density at radius 3 is 2.06 bits per heavy atom. The number of likely N-dealkylation sites (N-methyl/N-ethyl adjacent to an activating group) is 1. The van der Waals surface area contributed by atoms with Gasteiger partial charge in [0, 0.05) is 23.9 Å². The first-order valence-corrected chi connectivity index (χ1v) is 10.8. The zero-order valence-electron chi connectivity index (χ0n) is 20.7. The molecule has 0 fully saturated rings. The van der Waals surface area contributed by atoms with E-state index in [1.54, 1.807) is 24.3 Å². The van der Waals surface area contributed by atoms with Crippen LogP contribution in [0.5, 0.6) is 28.7 Å². The second kappa shape index (κ2) is 11.4. The number of aromatic nitrogens is 2. The minimum atomic E-state index is -0.302. The van der Waals surface area contributed by atoms with Gasteiger partial charge in [0.25, 0.3) is 5.56 Å². The van der Waals surface area contributed by atoms with Crippen molar-refractivity contribution in [3.8, 4) is 28.7 Å². The number of carbonyl (C=O) groups is 1. The first kappa shape index (κ1) is 25.6. The van der Waals surface area contributed by atoms with E-state index in [2.05, 4.69) is 15.3 Å². The molecule has 2 N–H and O–H groups in total. The van der Waals surface area contributed by atoms with Crippen LogP contribution in [0.15, 0.2) is 29.1 Å². The van der Waals surface area contributed by atoms with Crippen LogP contribution < -0.4 is 34.6 Å². The van der Waals surface area contributed by atoms with Gasteiger partial charge in [-0.25, -0.2) is 4.98 Å². The lowest BCUT2D eigenvalue weighted by atomic mass is 10.2. The molecule has 0 unspecified atom stereocenters. The molecule has 1 amide bonds. The number of ether oxygens (including phenoxy) is 5. The number of hydrogen-bond donors (Lipinski definition) is 2. The molecule has 0 aliphatic rings. The maximum absolute atomic E-state index is 12.8. The van der Waals surface area contributed by atoms with Gasteiger partial charge < -0.3 is 34.0 Å². The normalized spacial score (nSPS) is 10.8. The number of nitrogens with one attached hydrogen (secondary N) is 2. The van der Waals surface area contributed by atoms with E-state index in [9.17, 15) is 9.59 Å². The molecule has 1 aromatic heterocycles. The lowest BCUT2D eigenvalue weighted by molar-refractivity contribution is -0.117. The lowest BCUT2D eigenvalue weighted by Gasteiger charge is -2.20. The van der Waals surface area contributed by atoms with Crippen molar-refractivity contribution >= 4 is 22.5 Å². The topological polar surface area (TPSA) is 124 Å². The van der Waals surface area contributed by atoms with Crippen LogP contribution in [0.2, 0.25) is 0 Å². The van der Waals surface area contributed by atoms with Crippen LogP contribution in [-0.2, 0) is 11.3 Å². The Morgan fingerprint density at radius 2 is 1.51 bits per heavy atom. The SMILES string of the molecule is CCN(CC(=O)Nc1cc(OC)c(OC)c(OC)c1)Cc1nc2cc(OC)c(OC)cc2c(=O)[nH]1. The summed E-state index contributed by atoms with van der Waals surface area (Å²) in [5, 5.41) is 3.23. The molecule has 2 aromatic carbocycles. The van der Waals surface area contributed by atoms with Crippen molar-refractivity contribution < 1.29 is 28.5 Å². The third-order valence-corrected chi connectivity index (χ3v) is 5.40. The zero-order chi connectivity index (χ0) is 25.5. The monoisotopic (exact) mass is 486 g/mol. The molecular formula is C24H30N4O7. The molecule has 0 bridgehead atoms. The molecule has 0 radical (unpaired) electrons. The van der Waals surface area contributed by atoms with Gasteiger partial charge >= 0.3 is 0 Å². The molecule has 0 aliphatic heterocycles. The summed E-state index contributed by atoms with van der Waals surface area (Å²) in [6, 6.07) is 6.55. The minimum absolute atomic E-state index is 0.0703. The van der Waals surface area contributed by atoms with E-state index >= 15 is 0 Å². The molecule has 11 nitrogen and oxygen atoms in total. The first-order chi connectivity index (χ1) is 16.9. The fraction of sp³-hybridized carbons (Fsp3) is 0.375. The van der Waals surface area contributed by atoms with Crippen molar-refractivity contribution in [1.82, 2.24) is 14.9 Å². The Hall–Kier alpha value is -3.99. The predicted molar refractivity (Wildman–Crippen MR) is 131 cm³/mol. The van der Waals surface area contributed by atoms with Crippen molar-refractivity contribution in [2.24, 2.45) is 0 Å². The summed E-state index contributed by atoms with van der Waals surface area (Å²) in [6.45, 7) is 2.80. The maximum atomic E-state index is 12.8. The van der Waals surface area contributed by atoms with E-state index in [1.165, 1.54) is 35.5 Å². The number of aromatic amines is 1. The third-order valence-electron chi connectivity index (χ3n) is 5.40. The summed E-state index contributed by atoms with van der Waals surface area (Å²) in [4.78, 5) is 34.6. The third kappa shape index (κ3) is 5.75. The van der Waals surface area contributed by atoms with Gasteiger partial charge in [0.2, 0.25) is 11.7 Å². The highest BCUT2D eigenvalue weighted by Gasteiger charge is 2.17. The first-order valence-electron chi connectivity index (χ1n) is 10.8. The summed E-state index contributed by atoms with van der Waals surface area (Å²) >= 11 is 0. The van der Waals surface area contributed by atoms with Gasteiger partial charge in [-0.15, -0.1) is 0 Å². The molecule has 188 valence electrons. The van der Waals surface area contributed by atoms with E-state index in [4.69, 9.17) is 23.7 Å².